The van der Waals surface area contributed by atoms with Crippen LogP contribution in [0.15, 0.2) is 73.7 Å². The zero-order chi connectivity index (χ0) is 29.0. The first-order valence-electron chi connectivity index (χ1n) is 13.3. The number of nitrogens with zero attached hydrogens (tertiary/aromatic N) is 4. The van der Waals surface area contributed by atoms with Crippen LogP contribution in [0.1, 0.15) is 31.0 Å². The number of ether oxygens (including phenoxy) is 2. The molecule has 0 atom stereocenters. The van der Waals surface area contributed by atoms with Crippen molar-refractivity contribution in [3.05, 3.63) is 85.0 Å². The van der Waals surface area contributed by atoms with Crippen LogP contribution in [-0.2, 0) is 22.3 Å². The van der Waals surface area contributed by atoms with E-state index in [9.17, 15) is 18.0 Å². The van der Waals surface area contributed by atoms with Gasteiger partial charge in [0.25, 0.3) is 0 Å². The summed E-state index contributed by atoms with van der Waals surface area (Å²) in [5.74, 6) is 1.22. The monoisotopic (exact) mass is 565 g/mol. The molecule has 0 saturated carbocycles. The van der Waals surface area contributed by atoms with Crippen LogP contribution in [0.2, 0.25) is 0 Å². The van der Waals surface area contributed by atoms with Crippen LogP contribution in [0, 0.1) is 5.92 Å². The lowest BCUT2D eigenvalue weighted by molar-refractivity contribution is -0.149. The molecule has 3 heterocycles. The lowest BCUT2D eigenvalue weighted by Gasteiger charge is -2.30. The van der Waals surface area contributed by atoms with Crippen LogP contribution in [-0.4, -0.2) is 45.1 Å². The molecule has 0 bridgehead atoms. The van der Waals surface area contributed by atoms with Gasteiger partial charge in [-0.3, -0.25) is 9.69 Å². The second-order valence-corrected chi connectivity index (χ2v) is 9.81. The van der Waals surface area contributed by atoms with Crippen molar-refractivity contribution in [3.8, 4) is 11.6 Å². The third-order valence-electron chi connectivity index (χ3n) is 6.95. The van der Waals surface area contributed by atoms with Gasteiger partial charge in [0, 0.05) is 29.9 Å². The summed E-state index contributed by atoms with van der Waals surface area (Å²) < 4.78 is 52.2. The van der Waals surface area contributed by atoms with Crippen LogP contribution < -0.4 is 10.1 Å². The first kappa shape index (κ1) is 28.2. The van der Waals surface area contributed by atoms with Gasteiger partial charge < -0.3 is 19.4 Å². The van der Waals surface area contributed by atoms with E-state index in [1.54, 1.807) is 29.0 Å². The lowest BCUT2D eigenvalue weighted by Crippen LogP contribution is -2.36. The van der Waals surface area contributed by atoms with Gasteiger partial charge in [-0.25, -0.2) is 9.97 Å². The number of anilines is 1. The van der Waals surface area contributed by atoms with E-state index in [4.69, 9.17) is 9.47 Å². The Kier molecular flexibility index (Phi) is 8.25. The van der Waals surface area contributed by atoms with Crippen molar-refractivity contribution in [2.24, 2.45) is 5.92 Å². The van der Waals surface area contributed by atoms with E-state index in [0.717, 1.165) is 54.7 Å². The molecule has 11 heteroatoms. The molecule has 1 saturated heterocycles. The molecule has 0 spiro atoms. The smallest absolute Gasteiger partial charge is 0.416 e. The summed E-state index contributed by atoms with van der Waals surface area (Å²) in [6.07, 6.45) is 0.339. The number of carbonyl (C=O) groups is 1. The Labute approximate surface area is 235 Å². The highest BCUT2D eigenvalue weighted by molar-refractivity contribution is 5.86. The van der Waals surface area contributed by atoms with E-state index in [1.165, 1.54) is 12.4 Å². The second kappa shape index (κ2) is 12.0. The molecule has 0 radical (unpaired) electrons. The fourth-order valence-corrected chi connectivity index (χ4v) is 4.88. The molecule has 8 nitrogen and oxygen atoms in total. The fourth-order valence-electron chi connectivity index (χ4n) is 4.88. The zero-order valence-corrected chi connectivity index (χ0v) is 22.5. The van der Waals surface area contributed by atoms with Gasteiger partial charge in [0.1, 0.15) is 17.9 Å². The largest absolute Gasteiger partial charge is 0.466 e. The molecule has 1 N–H and O–H groups in total. The van der Waals surface area contributed by atoms with Crippen LogP contribution in [0.25, 0.3) is 16.7 Å². The minimum Gasteiger partial charge on any atom is -0.466 e. The Hall–Kier alpha value is -4.38. The summed E-state index contributed by atoms with van der Waals surface area (Å²) in [5, 5.41) is 3.80. The SMILES string of the molecule is C=C(Nc1cccc(C(F)(F)F)c1)n1ccc2cc(Oc3cc(CN4CCC(C(=O)OCC)CC4)ncn3)ccc21. The number of likely N-dealkylation sites (tertiary alicyclic amines) is 1. The molecule has 0 unspecified atom stereocenters. The van der Waals surface area contributed by atoms with E-state index in [-0.39, 0.29) is 17.6 Å². The Morgan fingerprint density at radius 1 is 1.10 bits per heavy atom. The molecule has 214 valence electrons. The van der Waals surface area contributed by atoms with Crippen molar-refractivity contribution < 1.29 is 27.4 Å². The molecule has 0 amide bonds. The number of benzene rings is 2. The van der Waals surface area contributed by atoms with Crippen LogP contribution >= 0.6 is 0 Å². The van der Waals surface area contributed by atoms with E-state index < -0.39 is 11.7 Å². The first-order valence-corrected chi connectivity index (χ1v) is 13.3. The third-order valence-corrected chi connectivity index (χ3v) is 6.95. The summed E-state index contributed by atoms with van der Waals surface area (Å²) in [4.78, 5) is 22.9. The van der Waals surface area contributed by atoms with Crippen molar-refractivity contribution in [2.75, 3.05) is 25.0 Å². The van der Waals surface area contributed by atoms with Crippen LogP contribution in [0.3, 0.4) is 0 Å². The number of hydrogen-bond acceptors (Lipinski definition) is 7. The number of nitrogens with one attached hydrogen (secondary N) is 1. The van der Waals surface area contributed by atoms with Crippen molar-refractivity contribution in [1.82, 2.24) is 19.4 Å². The van der Waals surface area contributed by atoms with Gasteiger partial charge in [-0.15, -0.1) is 0 Å². The van der Waals surface area contributed by atoms with E-state index in [2.05, 4.69) is 26.8 Å². The first-order chi connectivity index (χ1) is 19.7. The molecule has 1 aliphatic rings. The number of rotatable bonds is 9. The minimum absolute atomic E-state index is 0.0474. The summed E-state index contributed by atoms with van der Waals surface area (Å²) in [6.45, 7) is 8.41. The van der Waals surface area contributed by atoms with E-state index in [1.807, 2.05) is 25.1 Å². The molecular formula is C30H30F3N5O3. The van der Waals surface area contributed by atoms with Crippen LogP contribution in [0.5, 0.6) is 11.6 Å². The summed E-state index contributed by atoms with van der Waals surface area (Å²) in [6, 6.07) is 14.1. The topological polar surface area (TPSA) is 81.5 Å². The number of alkyl halides is 3. The molecular weight excluding hydrogens is 535 g/mol. The molecule has 5 rings (SSSR count). The van der Waals surface area contributed by atoms with E-state index in [0.29, 0.717) is 30.6 Å². The number of halogens is 3. The van der Waals surface area contributed by atoms with Crippen molar-refractivity contribution in [1.29, 1.82) is 0 Å². The highest BCUT2D eigenvalue weighted by atomic mass is 19.4. The Morgan fingerprint density at radius 3 is 2.66 bits per heavy atom. The molecule has 0 aliphatic carbocycles. The quantitative estimate of drug-likeness (QED) is 0.230. The average molecular weight is 566 g/mol. The maximum Gasteiger partial charge on any atom is 0.416 e. The number of hydrogen-bond donors (Lipinski definition) is 1. The number of piperidine rings is 1. The maximum atomic E-state index is 13.1. The van der Waals surface area contributed by atoms with Gasteiger partial charge >= 0.3 is 12.1 Å². The maximum absolute atomic E-state index is 13.1. The van der Waals surface area contributed by atoms with Gasteiger partial charge in [-0.05, 0) is 75.3 Å². The molecule has 41 heavy (non-hydrogen) atoms. The number of carbonyl (C=O) groups excluding carboxylic acids is 1. The number of esters is 1. The zero-order valence-electron chi connectivity index (χ0n) is 22.5. The molecule has 2 aromatic carbocycles. The van der Waals surface area contributed by atoms with E-state index >= 15 is 0 Å². The van der Waals surface area contributed by atoms with Gasteiger partial charge in [-0.2, -0.15) is 13.2 Å². The molecule has 2 aromatic heterocycles. The normalized spacial score (nSPS) is 14.6. The number of aromatic nitrogens is 3. The minimum atomic E-state index is -4.43. The summed E-state index contributed by atoms with van der Waals surface area (Å²) in [5.41, 5.74) is 1.17. The third kappa shape index (κ3) is 6.86. The predicted molar refractivity (Wildman–Crippen MR) is 149 cm³/mol. The van der Waals surface area contributed by atoms with Gasteiger partial charge in [0.05, 0.1) is 29.3 Å². The number of fused-ring (bicyclic) bond motifs is 1. The standard InChI is InChI=1S/C30H30F3N5O3/c1-3-40-29(39)21-9-12-37(13-10-21)18-25-17-28(35-19-34-25)41-26-7-8-27-22(15-26)11-14-38(27)20(2)36-24-6-4-5-23(16-24)30(31,32)33/h4-8,11,14-17,19,21,36H,2-3,9-10,12-13,18H2,1H3. The molecule has 1 aliphatic heterocycles. The highest BCUT2D eigenvalue weighted by Gasteiger charge is 2.30. The van der Waals surface area contributed by atoms with Crippen molar-refractivity contribution >= 4 is 28.4 Å². The average Bonchev–Trinajstić information content (AvgIpc) is 3.37. The van der Waals surface area contributed by atoms with Crippen molar-refractivity contribution in [3.63, 3.8) is 0 Å². The summed E-state index contributed by atoms with van der Waals surface area (Å²) >= 11 is 0. The predicted octanol–water partition coefficient (Wildman–Crippen LogP) is 6.56. The van der Waals surface area contributed by atoms with Crippen molar-refractivity contribution in [2.45, 2.75) is 32.5 Å². The second-order valence-electron chi connectivity index (χ2n) is 9.81. The lowest BCUT2D eigenvalue weighted by atomic mass is 9.97. The fraction of sp³-hybridized carbons (Fsp3) is 0.300. The van der Waals surface area contributed by atoms with Gasteiger partial charge in [0.2, 0.25) is 5.88 Å². The Bertz CT molecular complexity index is 1540. The molecule has 4 aromatic rings. The Morgan fingerprint density at radius 2 is 1.90 bits per heavy atom. The Balaban J connectivity index is 1.22. The van der Waals surface area contributed by atoms with Gasteiger partial charge in [0.15, 0.2) is 0 Å². The molecule has 1 fully saturated rings. The van der Waals surface area contributed by atoms with Crippen LogP contribution in [0.4, 0.5) is 18.9 Å². The summed E-state index contributed by atoms with van der Waals surface area (Å²) in [7, 11) is 0. The van der Waals surface area contributed by atoms with Gasteiger partial charge in [-0.1, -0.05) is 12.6 Å². The highest BCUT2D eigenvalue weighted by Crippen LogP contribution is 2.32.